The number of anilines is 1. The molecule has 0 unspecified atom stereocenters. The maximum atomic E-state index is 12.7. The largest absolute Gasteiger partial charge is 0.417 e. The van der Waals surface area contributed by atoms with Crippen molar-refractivity contribution in [2.24, 2.45) is 0 Å². The lowest BCUT2D eigenvalue weighted by atomic mass is 10.2. The van der Waals surface area contributed by atoms with Crippen LogP contribution in [0.4, 0.5) is 23.7 Å². The van der Waals surface area contributed by atoms with Crippen molar-refractivity contribution in [3.63, 3.8) is 0 Å². The van der Waals surface area contributed by atoms with Gasteiger partial charge in [0.15, 0.2) is 6.29 Å². The van der Waals surface area contributed by atoms with Crippen LogP contribution < -0.4 is 5.32 Å². The van der Waals surface area contributed by atoms with Gasteiger partial charge in [0.25, 0.3) is 0 Å². The first-order valence-electron chi connectivity index (χ1n) is 6.13. The van der Waals surface area contributed by atoms with Gasteiger partial charge in [-0.15, -0.1) is 0 Å². The van der Waals surface area contributed by atoms with Crippen LogP contribution >= 0.6 is 11.6 Å². The van der Waals surface area contributed by atoms with Gasteiger partial charge in [-0.05, 0) is 18.2 Å². The summed E-state index contributed by atoms with van der Waals surface area (Å²) in [5.74, 6) is 0. The highest BCUT2D eigenvalue weighted by molar-refractivity contribution is 6.31. The number of halogens is 4. The quantitative estimate of drug-likeness (QED) is 0.835. The maximum Gasteiger partial charge on any atom is 0.417 e. The first-order chi connectivity index (χ1) is 10.2. The van der Waals surface area contributed by atoms with Crippen molar-refractivity contribution in [3.8, 4) is 0 Å². The lowest BCUT2D eigenvalue weighted by Gasteiger charge is -2.22. The summed E-state index contributed by atoms with van der Waals surface area (Å²) in [6.07, 6.45) is -5.23. The Morgan fingerprint density at radius 1 is 1.36 bits per heavy atom. The molecule has 5 nitrogen and oxygen atoms in total. The van der Waals surface area contributed by atoms with E-state index in [0.29, 0.717) is 0 Å². The Labute approximate surface area is 130 Å². The molecule has 1 rings (SSSR count). The zero-order valence-corrected chi connectivity index (χ0v) is 13.0. The van der Waals surface area contributed by atoms with E-state index in [1.54, 1.807) is 0 Å². The van der Waals surface area contributed by atoms with Crippen LogP contribution in [0.1, 0.15) is 5.56 Å². The number of urea groups is 1. The van der Waals surface area contributed by atoms with E-state index in [9.17, 15) is 18.0 Å². The van der Waals surface area contributed by atoms with Crippen molar-refractivity contribution in [3.05, 3.63) is 28.8 Å². The number of nitrogens with zero attached hydrogens (tertiary/aromatic N) is 1. The zero-order valence-electron chi connectivity index (χ0n) is 12.2. The summed E-state index contributed by atoms with van der Waals surface area (Å²) in [6, 6.07) is 2.54. The summed E-state index contributed by atoms with van der Waals surface area (Å²) in [5, 5.41) is 1.92. The predicted octanol–water partition coefficient (Wildman–Crippen LogP) is 3.44. The molecule has 0 bridgehead atoms. The number of benzene rings is 1. The third-order valence-corrected chi connectivity index (χ3v) is 3.15. The third kappa shape index (κ3) is 5.04. The molecule has 0 aliphatic rings. The van der Waals surface area contributed by atoms with Gasteiger partial charge in [0.1, 0.15) is 0 Å². The molecule has 0 saturated carbocycles. The minimum atomic E-state index is -4.60. The number of hydrogen-bond acceptors (Lipinski definition) is 3. The van der Waals surface area contributed by atoms with Crippen LogP contribution in [-0.2, 0) is 15.7 Å². The van der Waals surface area contributed by atoms with Crippen molar-refractivity contribution in [2.45, 2.75) is 12.5 Å². The molecule has 1 aromatic carbocycles. The van der Waals surface area contributed by atoms with Gasteiger partial charge in [0.2, 0.25) is 0 Å². The highest BCUT2D eigenvalue weighted by atomic mass is 35.5. The van der Waals surface area contributed by atoms with Crippen LogP contribution in [0.2, 0.25) is 5.02 Å². The third-order valence-electron chi connectivity index (χ3n) is 2.82. The van der Waals surface area contributed by atoms with E-state index in [1.807, 2.05) is 0 Å². The number of nitrogens with one attached hydrogen (secondary N) is 1. The number of carbonyl (C=O) groups is 1. The smallest absolute Gasteiger partial charge is 0.354 e. The van der Waals surface area contributed by atoms with Gasteiger partial charge >= 0.3 is 12.2 Å². The second-order valence-electron chi connectivity index (χ2n) is 4.40. The Bertz CT molecular complexity index is 522. The Morgan fingerprint density at radius 3 is 2.45 bits per heavy atom. The normalized spacial score (nSPS) is 11.6. The van der Waals surface area contributed by atoms with Crippen LogP contribution in [0.3, 0.4) is 0 Å². The van der Waals surface area contributed by atoms with Crippen molar-refractivity contribution in [2.75, 3.05) is 33.1 Å². The Morgan fingerprint density at radius 2 is 1.95 bits per heavy atom. The minimum Gasteiger partial charge on any atom is -0.354 e. The number of amides is 2. The average molecular weight is 341 g/mol. The van der Waals surface area contributed by atoms with E-state index < -0.39 is 29.1 Å². The Balaban J connectivity index is 2.80. The maximum absolute atomic E-state index is 12.7. The van der Waals surface area contributed by atoms with Gasteiger partial charge in [-0.25, -0.2) is 4.79 Å². The van der Waals surface area contributed by atoms with Crippen molar-refractivity contribution < 1.29 is 27.4 Å². The van der Waals surface area contributed by atoms with E-state index in [-0.39, 0.29) is 12.2 Å². The fraction of sp³-hybridized carbons (Fsp3) is 0.462. The summed E-state index contributed by atoms with van der Waals surface area (Å²) in [7, 11) is 4.28. The van der Waals surface area contributed by atoms with Crippen LogP contribution in [0.5, 0.6) is 0 Å². The van der Waals surface area contributed by atoms with Gasteiger partial charge in [0, 0.05) is 27.0 Å². The predicted molar refractivity (Wildman–Crippen MR) is 75.9 cm³/mol. The molecule has 1 N–H and O–H groups in total. The zero-order chi connectivity index (χ0) is 16.9. The lowest BCUT2D eigenvalue weighted by molar-refractivity contribution is -0.137. The van der Waals surface area contributed by atoms with Gasteiger partial charge in [-0.3, -0.25) is 0 Å². The number of likely N-dealkylation sites (N-methyl/N-ethyl adjacent to an activating group) is 1. The molecule has 0 spiro atoms. The number of carbonyl (C=O) groups excluding carboxylic acids is 1. The van der Waals surface area contributed by atoms with Gasteiger partial charge in [-0.1, -0.05) is 11.6 Å². The fourth-order valence-electron chi connectivity index (χ4n) is 1.59. The van der Waals surface area contributed by atoms with Gasteiger partial charge in [0.05, 0.1) is 17.1 Å². The van der Waals surface area contributed by atoms with E-state index in [0.717, 1.165) is 12.1 Å². The highest BCUT2D eigenvalue weighted by Gasteiger charge is 2.33. The molecule has 0 radical (unpaired) electrons. The summed E-state index contributed by atoms with van der Waals surface area (Å²) in [6.45, 7) is 0.110. The highest BCUT2D eigenvalue weighted by Crippen LogP contribution is 2.36. The van der Waals surface area contributed by atoms with Crippen LogP contribution in [0.25, 0.3) is 0 Å². The molecular weight excluding hydrogens is 325 g/mol. The second kappa shape index (κ2) is 7.66. The van der Waals surface area contributed by atoms with E-state index in [2.05, 4.69) is 5.32 Å². The molecular formula is C13H16ClF3N2O3. The topological polar surface area (TPSA) is 50.8 Å². The molecule has 0 atom stereocenters. The number of rotatable bonds is 5. The molecule has 9 heteroatoms. The van der Waals surface area contributed by atoms with E-state index in [4.69, 9.17) is 21.1 Å². The number of alkyl halides is 3. The molecule has 0 fully saturated rings. The number of ether oxygens (including phenoxy) is 2. The van der Waals surface area contributed by atoms with E-state index in [1.165, 1.54) is 32.2 Å². The molecule has 22 heavy (non-hydrogen) atoms. The first-order valence-corrected chi connectivity index (χ1v) is 6.51. The monoisotopic (exact) mass is 340 g/mol. The SMILES string of the molecule is COC(CN(C)C(=O)Nc1ccc(Cl)c(C(F)(F)F)c1)OC. The van der Waals surface area contributed by atoms with Crippen molar-refractivity contribution >= 4 is 23.3 Å². The Kier molecular flexibility index (Phi) is 6.46. The fourth-order valence-corrected chi connectivity index (χ4v) is 1.82. The number of methoxy groups -OCH3 is 2. The van der Waals surface area contributed by atoms with Gasteiger partial charge in [-0.2, -0.15) is 13.2 Å². The molecule has 0 aromatic heterocycles. The number of hydrogen-bond donors (Lipinski definition) is 1. The molecule has 124 valence electrons. The van der Waals surface area contributed by atoms with E-state index >= 15 is 0 Å². The molecule has 0 saturated heterocycles. The summed E-state index contributed by atoms with van der Waals surface area (Å²) < 4.78 is 48.1. The van der Waals surface area contributed by atoms with Gasteiger partial charge < -0.3 is 19.7 Å². The summed E-state index contributed by atoms with van der Waals surface area (Å²) in [4.78, 5) is 13.1. The molecule has 0 aliphatic carbocycles. The van der Waals surface area contributed by atoms with Crippen LogP contribution in [-0.4, -0.2) is 45.0 Å². The standard InChI is InChI=1S/C13H16ClF3N2O3/c1-19(7-11(21-2)22-3)12(20)18-8-4-5-10(14)9(6-8)13(15,16)17/h4-6,11H,7H2,1-3H3,(H,18,20). The lowest BCUT2D eigenvalue weighted by Crippen LogP contribution is -2.38. The van der Waals surface area contributed by atoms with Crippen molar-refractivity contribution in [1.82, 2.24) is 4.90 Å². The van der Waals surface area contributed by atoms with Crippen LogP contribution in [0.15, 0.2) is 18.2 Å². The molecule has 2 amide bonds. The first kappa shape index (κ1) is 18.5. The van der Waals surface area contributed by atoms with Crippen LogP contribution in [0, 0.1) is 0 Å². The summed E-state index contributed by atoms with van der Waals surface area (Å²) >= 11 is 5.51. The minimum absolute atomic E-state index is 0.0139. The molecule has 0 heterocycles. The molecule has 0 aliphatic heterocycles. The summed E-state index contributed by atoms with van der Waals surface area (Å²) in [5.41, 5.74) is -1.03. The Hall–Kier alpha value is -1.51. The molecule has 1 aromatic rings. The van der Waals surface area contributed by atoms with Crippen molar-refractivity contribution in [1.29, 1.82) is 0 Å². The second-order valence-corrected chi connectivity index (χ2v) is 4.81. The average Bonchev–Trinajstić information content (AvgIpc) is 2.45.